The Balaban J connectivity index is -0.000000159. The first kappa shape index (κ1) is 32.4. The number of hydrogen-bond acceptors (Lipinski definition) is 6. The number of carbonyl (C=O) groups excluding carboxylic acids is 2. The summed E-state index contributed by atoms with van der Waals surface area (Å²) < 4.78 is 0. The van der Waals surface area contributed by atoms with Crippen molar-refractivity contribution in [2.75, 3.05) is 6.54 Å². The number of hydrogen-bond donors (Lipinski definition) is 4. The number of carboxylic acid groups (broad SMARTS) is 2. The molecule has 0 spiro atoms. The van der Waals surface area contributed by atoms with Crippen LogP contribution in [0.1, 0.15) is 18.4 Å². The molecule has 0 heterocycles. The fourth-order valence-electron chi connectivity index (χ4n) is 1.43. The summed E-state index contributed by atoms with van der Waals surface area (Å²) in [4.78, 5) is 20.2. The van der Waals surface area contributed by atoms with Crippen molar-refractivity contribution in [3.05, 3.63) is 35.9 Å². The van der Waals surface area contributed by atoms with Crippen molar-refractivity contribution >= 4 is 30.3 Å². The Bertz CT molecular complexity index is 495. The first-order valence-corrected chi connectivity index (χ1v) is 6.61. The van der Waals surface area contributed by atoms with Crippen molar-refractivity contribution in [1.82, 2.24) is 5.32 Å². The molecule has 6 N–H and O–H groups in total. The molecule has 0 unspecified atom stereocenters. The van der Waals surface area contributed by atoms with E-state index in [9.17, 15) is 19.8 Å². The van der Waals surface area contributed by atoms with Gasteiger partial charge in [-0.15, -0.1) is 12.4 Å². The van der Waals surface area contributed by atoms with Gasteiger partial charge in [0.15, 0.2) is 5.96 Å². The normalized spacial score (nSPS) is 9.48. The van der Waals surface area contributed by atoms with E-state index in [0.717, 1.165) is 5.56 Å². The van der Waals surface area contributed by atoms with Gasteiger partial charge in [-0.1, -0.05) is 30.3 Å². The number of benzene rings is 1. The fraction of sp³-hybridized carbons (Fsp3) is 0.357. The van der Waals surface area contributed by atoms with Gasteiger partial charge in [-0.3, -0.25) is 5.41 Å². The molecule has 0 aromatic heterocycles. The first-order valence-electron chi connectivity index (χ1n) is 6.61. The van der Waals surface area contributed by atoms with E-state index in [1.54, 1.807) is 24.3 Å². The Hall–Kier alpha value is -0.320. The molecule has 1 aromatic rings. The molecule has 25 heavy (non-hydrogen) atoms. The third kappa shape index (κ3) is 21.6. The maximum Gasteiger partial charge on any atom is 1.00 e. The summed E-state index contributed by atoms with van der Waals surface area (Å²) in [6.45, 7) is 0.455. The zero-order chi connectivity index (χ0) is 17.0. The molecule has 0 saturated heterocycles. The molecule has 0 amide bonds. The van der Waals surface area contributed by atoms with Gasteiger partial charge in [-0.2, -0.15) is 0 Å². The summed E-state index contributed by atoms with van der Waals surface area (Å²) in [6.07, 6.45) is 0.873. The summed E-state index contributed by atoms with van der Waals surface area (Å²) in [6, 6.07) is 8.04. The Morgan fingerprint density at radius 1 is 1.16 bits per heavy atom. The van der Waals surface area contributed by atoms with Gasteiger partial charge < -0.3 is 36.6 Å². The second-order valence-corrected chi connectivity index (χ2v) is 4.44. The van der Waals surface area contributed by atoms with E-state index in [0.29, 0.717) is 19.4 Å². The zero-order valence-corrected chi connectivity index (χ0v) is 19.3. The van der Waals surface area contributed by atoms with Gasteiger partial charge in [0.05, 0.1) is 5.97 Å². The van der Waals surface area contributed by atoms with E-state index in [1.165, 1.54) is 0 Å². The first-order chi connectivity index (χ1) is 10.3. The van der Waals surface area contributed by atoms with Crippen molar-refractivity contribution in [3.63, 3.8) is 0 Å². The van der Waals surface area contributed by atoms with Gasteiger partial charge in [0.25, 0.3) is 0 Å². The van der Waals surface area contributed by atoms with E-state index in [2.05, 4.69) is 5.32 Å². The number of rotatable bonds is 7. The van der Waals surface area contributed by atoms with Crippen LogP contribution in [0.5, 0.6) is 0 Å². The number of nitrogens with two attached hydrogens (primary N) is 2. The molecule has 0 bridgehead atoms. The van der Waals surface area contributed by atoms with E-state index >= 15 is 0 Å². The SMILES string of the molecule is Cl.N=C(N)NCCC[C@H](N)C(=O)[O-].O=C([O-])Cc1ccccc1.[Na+].[Na+]. The molecule has 0 aliphatic carbocycles. The van der Waals surface area contributed by atoms with Gasteiger partial charge in [-0.05, 0) is 18.4 Å². The van der Waals surface area contributed by atoms with Crippen molar-refractivity contribution < 1.29 is 78.9 Å². The molecular formula is C14H21ClN4Na2O4. The smallest absolute Gasteiger partial charge is 0.550 e. The summed E-state index contributed by atoms with van der Waals surface area (Å²) in [5.41, 5.74) is 10.9. The minimum Gasteiger partial charge on any atom is -0.550 e. The number of aliphatic carboxylic acids is 2. The summed E-state index contributed by atoms with van der Waals surface area (Å²) in [7, 11) is 0. The minimum absolute atomic E-state index is 0. The second-order valence-electron chi connectivity index (χ2n) is 4.44. The molecule has 1 aromatic carbocycles. The van der Waals surface area contributed by atoms with Crippen LogP contribution in [0.15, 0.2) is 30.3 Å². The van der Waals surface area contributed by atoms with Gasteiger partial charge in [0, 0.05) is 25.0 Å². The van der Waals surface area contributed by atoms with E-state index in [1.807, 2.05) is 6.07 Å². The number of nitrogens with one attached hydrogen (secondary N) is 2. The fourth-order valence-corrected chi connectivity index (χ4v) is 1.43. The van der Waals surface area contributed by atoms with Crippen molar-refractivity contribution in [2.45, 2.75) is 25.3 Å². The predicted octanol–water partition coefficient (Wildman–Crippen LogP) is -8.26. The van der Waals surface area contributed by atoms with E-state index in [-0.39, 0.29) is 83.9 Å². The minimum atomic E-state index is -1.25. The van der Waals surface area contributed by atoms with Crippen LogP contribution >= 0.6 is 12.4 Å². The maximum atomic E-state index is 10.1. The number of halogens is 1. The van der Waals surface area contributed by atoms with Crippen molar-refractivity contribution in [1.29, 1.82) is 5.41 Å². The zero-order valence-electron chi connectivity index (χ0n) is 14.5. The van der Waals surface area contributed by atoms with E-state index < -0.39 is 18.0 Å². The molecule has 11 heteroatoms. The third-order valence-electron chi connectivity index (χ3n) is 2.50. The standard InChI is InChI=1S/C8H8O2.C6H14N4O2.ClH.2Na/c9-8(10)6-7-4-2-1-3-5-7;7-4(5(11)12)2-1-3-10-6(8)9;;;/h1-5H,6H2,(H,9,10);4H,1-3,7H2,(H,11,12)(H4,8,9,10);1H;;/q;;;2*+1/p-2/t;4-;;;/m.0.../s1. The van der Waals surface area contributed by atoms with Crippen LogP contribution in [0.3, 0.4) is 0 Å². The van der Waals surface area contributed by atoms with Crippen LogP contribution in [0, 0.1) is 5.41 Å². The third-order valence-corrected chi connectivity index (χ3v) is 2.50. The average molecular weight is 391 g/mol. The largest absolute Gasteiger partial charge is 1.00 e. The second kappa shape index (κ2) is 20.0. The van der Waals surface area contributed by atoms with E-state index in [4.69, 9.17) is 16.9 Å². The number of guanidine groups is 1. The summed E-state index contributed by atoms with van der Waals surface area (Å²) in [5, 5.41) is 29.5. The Morgan fingerprint density at radius 3 is 2.08 bits per heavy atom. The van der Waals surface area contributed by atoms with Crippen LogP contribution < -0.4 is 86.1 Å². The molecule has 0 aliphatic heterocycles. The Morgan fingerprint density at radius 2 is 1.68 bits per heavy atom. The maximum absolute atomic E-state index is 10.1. The van der Waals surface area contributed by atoms with Crippen molar-refractivity contribution in [3.8, 4) is 0 Å². The monoisotopic (exact) mass is 390 g/mol. The molecule has 130 valence electrons. The van der Waals surface area contributed by atoms with Gasteiger partial charge in [0.2, 0.25) is 0 Å². The van der Waals surface area contributed by atoms with Crippen LogP contribution in [0.2, 0.25) is 0 Å². The van der Waals surface area contributed by atoms with Gasteiger partial charge in [-0.25, -0.2) is 0 Å². The summed E-state index contributed by atoms with van der Waals surface area (Å²) >= 11 is 0. The quantitative estimate of drug-likeness (QED) is 0.155. The van der Waals surface area contributed by atoms with Crippen LogP contribution in [-0.4, -0.2) is 30.5 Å². The van der Waals surface area contributed by atoms with Gasteiger partial charge in [0.1, 0.15) is 0 Å². The topological polar surface area (TPSA) is 168 Å². The molecular weight excluding hydrogens is 370 g/mol. The number of carbonyl (C=O) groups is 2. The van der Waals surface area contributed by atoms with Crippen LogP contribution in [0.25, 0.3) is 0 Å². The van der Waals surface area contributed by atoms with Crippen LogP contribution in [-0.2, 0) is 16.0 Å². The molecule has 1 rings (SSSR count). The van der Waals surface area contributed by atoms with Crippen molar-refractivity contribution in [2.24, 2.45) is 11.5 Å². The molecule has 8 nitrogen and oxygen atoms in total. The molecule has 0 saturated carbocycles. The molecule has 0 fully saturated rings. The van der Waals surface area contributed by atoms with Gasteiger partial charge >= 0.3 is 59.1 Å². The Labute approximate surface area is 197 Å². The number of carboxylic acids is 2. The molecule has 0 aliphatic rings. The Kier molecular flexibility index (Phi) is 25.9. The molecule has 1 atom stereocenters. The predicted molar refractivity (Wildman–Crippen MR) is 84.5 cm³/mol. The molecule has 0 radical (unpaired) electrons. The average Bonchev–Trinajstić information content (AvgIpc) is 2.44. The summed E-state index contributed by atoms with van der Waals surface area (Å²) in [5.74, 6) is -2.42. The van der Waals surface area contributed by atoms with Crippen LogP contribution in [0.4, 0.5) is 0 Å².